The van der Waals surface area contributed by atoms with Crippen molar-refractivity contribution in [1.82, 2.24) is 4.90 Å². The molecule has 0 aromatic heterocycles. The van der Waals surface area contributed by atoms with Crippen LogP contribution in [-0.4, -0.2) is 65.7 Å². The molecule has 10 heteroatoms. The average Bonchev–Trinajstić information content (AvgIpc) is 3.31. The van der Waals surface area contributed by atoms with Gasteiger partial charge in [0.2, 0.25) is 0 Å². The Kier molecular flexibility index (Phi) is 5.37. The molecule has 0 spiro atoms. The van der Waals surface area contributed by atoms with Gasteiger partial charge in [-0.25, -0.2) is 4.39 Å². The summed E-state index contributed by atoms with van der Waals surface area (Å²) in [4.78, 5) is 46.6. The molecule has 1 N–H and O–H groups in total. The van der Waals surface area contributed by atoms with Crippen molar-refractivity contribution in [3.05, 3.63) is 64.8 Å². The lowest BCUT2D eigenvalue weighted by Gasteiger charge is -2.36. The molecule has 2 amide bonds. The maximum atomic E-state index is 14.1. The van der Waals surface area contributed by atoms with Crippen molar-refractivity contribution in [3.63, 3.8) is 0 Å². The van der Waals surface area contributed by atoms with Crippen LogP contribution < -0.4 is 9.80 Å². The van der Waals surface area contributed by atoms with Crippen molar-refractivity contribution in [3.8, 4) is 0 Å². The fourth-order valence-electron chi connectivity index (χ4n) is 4.23. The van der Waals surface area contributed by atoms with Crippen LogP contribution in [0.4, 0.5) is 15.8 Å². The van der Waals surface area contributed by atoms with Gasteiger partial charge < -0.3 is 14.9 Å². The third-order valence-corrected chi connectivity index (χ3v) is 6.89. The Bertz CT molecular complexity index is 1240. The Balaban J connectivity index is 1.37. The number of aliphatic carboxylic acids is 1. The highest BCUT2D eigenvalue weighted by atomic mass is 32.2. The number of aliphatic imine (C=N–C) groups is 1. The van der Waals surface area contributed by atoms with E-state index in [0.717, 1.165) is 11.8 Å². The maximum Gasteiger partial charge on any atom is 0.323 e. The summed E-state index contributed by atoms with van der Waals surface area (Å²) in [5.74, 6) is -2.44. The van der Waals surface area contributed by atoms with Crippen molar-refractivity contribution in [2.24, 2.45) is 4.99 Å². The van der Waals surface area contributed by atoms with Crippen molar-refractivity contribution >= 4 is 51.7 Å². The van der Waals surface area contributed by atoms with Crippen LogP contribution in [-0.2, 0) is 14.4 Å². The molecule has 2 aromatic rings. The number of nitrogens with zero attached hydrogens (tertiary/aromatic N) is 4. The highest BCUT2D eigenvalue weighted by molar-refractivity contribution is 8.18. The molecule has 0 radical (unpaired) electrons. The third kappa shape index (κ3) is 3.76. The number of hydrogen-bond donors (Lipinski definition) is 1. The summed E-state index contributed by atoms with van der Waals surface area (Å²) in [6, 6.07) is 13.4. The monoisotopic (exact) mass is 466 g/mol. The summed E-state index contributed by atoms with van der Waals surface area (Å²) in [5.41, 5.74) is 1.72. The number of amidine groups is 1. The van der Waals surface area contributed by atoms with E-state index in [1.54, 1.807) is 42.5 Å². The molecule has 3 heterocycles. The molecule has 2 aromatic carbocycles. The first-order valence-corrected chi connectivity index (χ1v) is 11.2. The quantitative estimate of drug-likeness (QED) is 0.695. The molecular weight excluding hydrogens is 447 g/mol. The molecule has 3 aliphatic rings. The number of benzene rings is 2. The molecule has 0 unspecified atom stereocenters. The number of thioether (sulfide) groups is 1. The first-order chi connectivity index (χ1) is 15.9. The van der Waals surface area contributed by atoms with Crippen LogP contribution in [0.1, 0.15) is 5.56 Å². The number of fused-ring (bicyclic) bond motifs is 1. The lowest BCUT2D eigenvalue weighted by Crippen LogP contribution is -2.48. The molecule has 0 atom stereocenters. The van der Waals surface area contributed by atoms with Gasteiger partial charge in [0.05, 0.1) is 21.9 Å². The fourth-order valence-corrected chi connectivity index (χ4v) is 5.28. The first kappa shape index (κ1) is 21.2. The van der Waals surface area contributed by atoms with Gasteiger partial charge in [0.15, 0.2) is 5.17 Å². The number of piperazine rings is 1. The number of carboxylic acid groups (broad SMARTS) is 1. The van der Waals surface area contributed by atoms with E-state index < -0.39 is 24.3 Å². The second-order valence-electron chi connectivity index (χ2n) is 7.73. The molecule has 5 rings (SSSR count). The highest BCUT2D eigenvalue weighted by Crippen LogP contribution is 2.43. The molecule has 1 fully saturated rings. The number of hydrogen-bond acceptors (Lipinski definition) is 6. The summed E-state index contributed by atoms with van der Waals surface area (Å²) in [6.07, 6.45) is 0. The number of para-hydroxylation sites is 2. The molecule has 33 heavy (non-hydrogen) atoms. The van der Waals surface area contributed by atoms with Gasteiger partial charge in [-0.05, 0) is 30.0 Å². The lowest BCUT2D eigenvalue weighted by atomic mass is 10.1. The molecule has 8 nitrogen and oxygen atoms in total. The number of amides is 2. The lowest BCUT2D eigenvalue weighted by molar-refractivity contribution is -0.136. The SMILES string of the molecule is O=C(O)CN1C(=O)C(=C2SC(N3CCN(c4ccccc4F)CC3)=NC2=O)c2ccccc21. The van der Waals surface area contributed by atoms with Gasteiger partial charge in [-0.1, -0.05) is 30.3 Å². The molecule has 1 saturated heterocycles. The number of anilines is 2. The summed E-state index contributed by atoms with van der Waals surface area (Å²) >= 11 is 1.13. The van der Waals surface area contributed by atoms with Crippen LogP contribution in [0.25, 0.3) is 5.57 Å². The molecule has 3 aliphatic heterocycles. The van der Waals surface area contributed by atoms with Crippen LogP contribution in [0.2, 0.25) is 0 Å². The highest BCUT2D eigenvalue weighted by Gasteiger charge is 2.40. The smallest absolute Gasteiger partial charge is 0.323 e. The van der Waals surface area contributed by atoms with E-state index in [4.69, 9.17) is 0 Å². The average molecular weight is 466 g/mol. The van der Waals surface area contributed by atoms with Gasteiger partial charge in [0.1, 0.15) is 12.4 Å². The number of rotatable bonds is 3. The van der Waals surface area contributed by atoms with Crippen LogP contribution in [0.15, 0.2) is 58.4 Å². The second-order valence-corrected chi connectivity index (χ2v) is 8.71. The number of carbonyl (C=O) groups excluding carboxylic acids is 2. The summed E-state index contributed by atoms with van der Waals surface area (Å²) < 4.78 is 14.1. The van der Waals surface area contributed by atoms with Gasteiger partial charge in [-0.3, -0.25) is 19.3 Å². The predicted octanol–water partition coefficient (Wildman–Crippen LogP) is 2.42. The van der Waals surface area contributed by atoms with E-state index in [0.29, 0.717) is 48.3 Å². The first-order valence-electron chi connectivity index (χ1n) is 10.4. The van der Waals surface area contributed by atoms with Crippen LogP contribution >= 0.6 is 11.8 Å². The minimum Gasteiger partial charge on any atom is -0.480 e. The topological polar surface area (TPSA) is 93.5 Å². The van der Waals surface area contributed by atoms with Crippen molar-refractivity contribution < 1.29 is 23.9 Å². The number of halogens is 1. The fraction of sp³-hybridized carbons (Fsp3) is 0.217. The molecule has 0 saturated carbocycles. The molecule has 168 valence electrons. The van der Waals surface area contributed by atoms with E-state index in [9.17, 15) is 23.9 Å². The zero-order valence-electron chi connectivity index (χ0n) is 17.4. The Morgan fingerprint density at radius 2 is 1.61 bits per heavy atom. The number of carbonyl (C=O) groups is 3. The molecule has 0 aliphatic carbocycles. The van der Waals surface area contributed by atoms with Gasteiger partial charge in [0, 0.05) is 31.7 Å². The van der Waals surface area contributed by atoms with E-state index >= 15 is 0 Å². The summed E-state index contributed by atoms with van der Waals surface area (Å²) in [6.45, 7) is 1.73. The van der Waals surface area contributed by atoms with Crippen LogP contribution in [0.5, 0.6) is 0 Å². The predicted molar refractivity (Wildman–Crippen MR) is 124 cm³/mol. The van der Waals surface area contributed by atoms with E-state index in [2.05, 4.69) is 4.99 Å². The normalized spacial score (nSPS) is 20.4. The standard InChI is InChI=1S/C23H19FN4O4S/c24-15-6-2-4-8-17(15)26-9-11-27(12-10-26)23-25-21(31)20(33-23)19-14-5-1-3-7-16(14)28(22(19)32)13-18(29)30/h1-8H,9-13H2,(H,29,30). The van der Waals surface area contributed by atoms with Gasteiger partial charge in [0.25, 0.3) is 11.8 Å². The van der Waals surface area contributed by atoms with Crippen LogP contribution in [0.3, 0.4) is 0 Å². The van der Waals surface area contributed by atoms with Crippen LogP contribution in [0, 0.1) is 5.82 Å². The third-order valence-electron chi connectivity index (χ3n) is 5.77. The molecule has 0 bridgehead atoms. The minimum absolute atomic E-state index is 0.186. The zero-order chi connectivity index (χ0) is 23.1. The minimum atomic E-state index is -1.14. The van der Waals surface area contributed by atoms with Crippen molar-refractivity contribution in [1.29, 1.82) is 0 Å². The van der Waals surface area contributed by atoms with Gasteiger partial charge >= 0.3 is 5.97 Å². The molecular formula is C23H19FN4O4S. The largest absolute Gasteiger partial charge is 0.480 e. The Morgan fingerprint density at radius 3 is 2.30 bits per heavy atom. The van der Waals surface area contributed by atoms with Gasteiger partial charge in [-0.2, -0.15) is 4.99 Å². The van der Waals surface area contributed by atoms with Crippen molar-refractivity contribution in [2.45, 2.75) is 0 Å². The van der Waals surface area contributed by atoms with Crippen molar-refractivity contribution in [2.75, 3.05) is 42.5 Å². The Morgan fingerprint density at radius 1 is 0.970 bits per heavy atom. The summed E-state index contributed by atoms with van der Waals surface area (Å²) in [5, 5.41) is 9.71. The van der Waals surface area contributed by atoms with E-state index in [1.807, 2.05) is 9.80 Å². The van der Waals surface area contributed by atoms with Gasteiger partial charge in [-0.15, -0.1) is 0 Å². The Hall–Kier alpha value is -3.66. The Labute approximate surface area is 193 Å². The second kappa shape index (κ2) is 8.36. The number of carboxylic acids is 1. The van der Waals surface area contributed by atoms with E-state index in [1.165, 1.54) is 11.0 Å². The zero-order valence-corrected chi connectivity index (χ0v) is 18.2. The van der Waals surface area contributed by atoms with E-state index in [-0.39, 0.29) is 16.3 Å². The maximum absolute atomic E-state index is 14.1. The summed E-state index contributed by atoms with van der Waals surface area (Å²) in [7, 11) is 0.